The van der Waals surface area contributed by atoms with Gasteiger partial charge in [0.25, 0.3) is 11.5 Å². The van der Waals surface area contributed by atoms with Crippen LogP contribution in [0.25, 0.3) is 11.4 Å². The molecule has 0 fully saturated rings. The van der Waals surface area contributed by atoms with E-state index in [9.17, 15) is 9.59 Å². The molecule has 7 nitrogen and oxygen atoms in total. The lowest BCUT2D eigenvalue weighted by Gasteiger charge is -2.21. The summed E-state index contributed by atoms with van der Waals surface area (Å²) >= 11 is 0. The lowest BCUT2D eigenvalue weighted by Crippen LogP contribution is -2.36. The zero-order chi connectivity index (χ0) is 19.6. The first-order valence-corrected chi connectivity index (χ1v) is 8.81. The summed E-state index contributed by atoms with van der Waals surface area (Å²) < 4.78 is 1.86. The lowest BCUT2D eigenvalue weighted by atomic mass is 10.0. The number of aryl methyl sites for hydroxylation is 2. The van der Waals surface area contributed by atoms with Crippen LogP contribution in [0.1, 0.15) is 41.6 Å². The van der Waals surface area contributed by atoms with Crippen molar-refractivity contribution in [2.45, 2.75) is 26.8 Å². The fraction of sp³-hybridized carbons (Fsp3) is 0.300. The summed E-state index contributed by atoms with van der Waals surface area (Å²) in [7, 11) is 1.87. The minimum absolute atomic E-state index is 0.0225. The third-order valence-corrected chi connectivity index (χ3v) is 4.46. The van der Waals surface area contributed by atoms with E-state index in [0.717, 1.165) is 17.0 Å². The number of aromatic nitrogens is 4. The standard InChI is InChI=1S/C20H23N5O2/c1-12(2)16(18-21-9-10-25(18)4)23-19(26)15-11-22-17(24-20(15)27)14-7-5-13(3)6-8-14/h5-12,16H,1-4H3,(H,23,26)(H,22,24,27)/t16-/m1/s1. The third-order valence-electron chi connectivity index (χ3n) is 4.46. The van der Waals surface area contributed by atoms with Crippen LogP contribution in [0.4, 0.5) is 0 Å². The minimum Gasteiger partial charge on any atom is -0.342 e. The van der Waals surface area contributed by atoms with Crippen LogP contribution in [-0.4, -0.2) is 25.4 Å². The van der Waals surface area contributed by atoms with Crippen LogP contribution in [-0.2, 0) is 7.05 Å². The molecule has 3 aromatic rings. The average Bonchev–Trinajstić information content (AvgIpc) is 3.05. The molecular formula is C20H23N5O2. The predicted octanol–water partition coefficient (Wildman–Crippen LogP) is 2.61. The molecule has 0 spiro atoms. The Morgan fingerprint density at radius 3 is 2.44 bits per heavy atom. The number of imidazole rings is 1. The Kier molecular flexibility index (Phi) is 5.21. The molecule has 27 heavy (non-hydrogen) atoms. The van der Waals surface area contributed by atoms with Gasteiger partial charge in [-0.2, -0.15) is 0 Å². The Labute approximate surface area is 157 Å². The smallest absolute Gasteiger partial charge is 0.264 e. The van der Waals surface area contributed by atoms with E-state index in [2.05, 4.69) is 20.3 Å². The Balaban J connectivity index is 1.85. The Hall–Kier alpha value is -3.22. The largest absolute Gasteiger partial charge is 0.342 e. The van der Waals surface area contributed by atoms with Gasteiger partial charge in [0.05, 0.1) is 6.04 Å². The van der Waals surface area contributed by atoms with Crippen molar-refractivity contribution in [1.82, 2.24) is 24.8 Å². The molecule has 0 aliphatic heterocycles. The van der Waals surface area contributed by atoms with Crippen molar-refractivity contribution in [3.63, 3.8) is 0 Å². The molecule has 1 amide bonds. The summed E-state index contributed by atoms with van der Waals surface area (Å²) in [5.41, 5.74) is 1.41. The summed E-state index contributed by atoms with van der Waals surface area (Å²) in [5, 5.41) is 2.90. The summed E-state index contributed by atoms with van der Waals surface area (Å²) in [5.74, 6) is 0.801. The SMILES string of the molecule is Cc1ccc(-c2ncc(C(=O)N[C@@H](c3nccn3C)C(C)C)c(=O)[nH]2)cc1. The molecule has 0 aliphatic rings. The summed E-state index contributed by atoms with van der Waals surface area (Å²) in [4.78, 5) is 36.4. The minimum atomic E-state index is -0.472. The van der Waals surface area contributed by atoms with Crippen molar-refractivity contribution in [3.8, 4) is 11.4 Å². The second-order valence-corrected chi connectivity index (χ2v) is 6.93. The Morgan fingerprint density at radius 1 is 1.19 bits per heavy atom. The van der Waals surface area contributed by atoms with E-state index in [1.807, 2.05) is 62.8 Å². The Morgan fingerprint density at radius 2 is 1.89 bits per heavy atom. The topological polar surface area (TPSA) is 92.7 Å². The molecule has 1 aromatic carbocycles. The van der Waals surface area contributed by atoms with Crippen LogP contribution < -0.4 is 10.9 Å². The molecule has 1 atom stereocenters. The van der Waals surface area contributed by atoms with Crippen LogP contribution in [0.3, 0.4) is 0 Å². The maximum atomic E-state index is 12.7. The van der Waals surface area contributed by atoms with Gasteiger partial charge in [0, 0.05) is 31.2 Å². The molecule has 0 saturated carbocycles. The summed E-state index contributed by atoms with van der Waals surface area (Å²) in [6, 6.07) is 7.33. The number of carbonyl (C=O) groups is 1. The first kappa shape index (κ1) is 18.6. The number of amides is 1. The van der Waals surface area contributed by atoms with Crippen molar-refractivity contribution in [1.29, 1.82) is 0 Å². The van der Waals surface area contributed by atoms with Gasteiger partial charge in [0.1, 0.15) is 17.2 Å². The number of rotatable bonds is 5. The second-order valence-electron chi connectivity index (χ2n) is 6.93. The first-order valence-electron chi connectivity index (χ1n) is 8.81. The zero-order valence-electron chi connectivity index (χ0n) is 15.9. The Bertz CT molecular complexity index is 1000. The maximum absolute atomic E-state index is 12.7. The van der Waals surface area contributed by atoms with Gasteiger partial charge >= 0.3 is 0 Å². The highest BCUT2D eigenvalue weighted by atomic mass is 16.2. The summed E-state index contributed by atoms with van der Waals surface area (Å²) in [6.45, 7) is 5.96. The van der Waals surface area contributed by atoms with Crippen LogP contribution in [0.2, 0.25) is 0 Å². The molecular weight excluding hydrogens is 342 g/mol. The fourth-order valence-corrected chi connectivity index (χ4v) is 2.84. The second kappa shape index (κ2) is 7.57. The van der Waals surface area contributed by atoms with Crippen molar-refractivity contribution in [2.24, 2.45) is 13.0 Å². The van der Waals surface area contributed by atoms with Gasteiger partial charge in [-0.3, -0.25) is 9.59 Å². The highest BCUT2D eigenvalue weighted by Crippen LogP contribution is 2.20. The number of carbonyl (C=O) groups excluding carboxylic acids is 1. The number of aromatic amines is 1. The van der Waals surface area contributed by atoms with Crippen LogP contribution in [0.15, 0.2) is 47.7 Å². The molecule has 0 saturated heterocycles. The first-order chi connectivity index (χ1) is 12.9. The van der Waals surface area contributed by atoms with E-state index < -0.39 is 11.5 Å². The molecule has 3 rings (SSSR count). The molecule has 0 bridgehead atoms. The van der Waals surface area contributed by atoms with Crippen molar-refractivity contribution < 1.29 is 4.79 Å². The predicted molar refractivity (Wildman–Crippen MR) is 103 cm³/mol. The van der Waals surface area contributed by atoms with Gasteiger partial charge in [0.15, 0.2) is 0 Å². The zero-order valence-corrected chi connectivity index (χ0v) is 15.9. The van der Waals surface area contributed by atoms with Crippen LogP contribution in [0, 0.1) is 12.8 Å². The van der Waals surface area contributed by atoms with Gasteiger partial charge in [-0.25, -0.2) is 9.97 Å². The van der Waals surface area contributed by atoms with Crippen LogP contribution in [0.5, 0.6) is 0 Å². The number of nitrogens with one attached hydrogen (secondary N) is 2. The number of nitrogens with zero attached hydrogens (tertiary/aromatic N) is 3. The normalized spacial score (nSPS) is 12.2. The van der Waals surface area contributed by atoms with E-state index in [-0.39, 0.29) is 17.5 Å². The van der Waals surface area contributed by atoms with Gasteiger partial charge in [-0.15, -0.1) is 0 Å². The molecule has 140 valence electrons. The molecule has 2 N–H and O–H groups in total. The number of hydrogen-bond donors (Lipinski definition) is 2. The number of benzene rings is 1. The third kappa shape index (κ3) is 3.97. The van der Waals surface area contributed by atoms with Gasteiger partial charge in [0.2, 0.25) is 0 Å². The molecule has 0 unspecified atom stereocenters. The maximum Gasteiger partial charge on any atom is 0.264 e. The fourth-order valence-electron chi connectivity index (χ4n) is 2.84. The van der Waals surface area contributed by atoms with Gasteiger partial charge < -0.3 is 14.9 Å². The quantitative estimate of drug-likeness (QED) is 0.727. The van der Waals surface area contributed by atoms with Crippen molar-refractivity contribution in [3.05, 3.63) is 70.2 Å². The van der Waals surface area contributed by atoms with Crippen LogP contribution >= 0.6 is 0 Å². The van der Waals surface area contributed by atoms with E-state index in [1.165, 1.54) is 6.20 Å². The van der Waals surface area contributed by atoms with Gasteiger partial charge in [-0.1, -0.05) is 43.7 Å². The van der Waals surface area contributed by atoms with E-state index >= 15 is 0 Å². The molecule has 2 aromatic heterocycles. The monoisotopic (exact) mass is 365 g/mol. The van der Waals surface area contributed by atoms with E-state index in [0.29, 0.717) is 5.82 Å². The lowest BCUT2D eigenvalue weighted by molar-refractivity contribution is 0.0920. The van der Waals surface area contributed by atoms with E-state index in [1.54, 1.807) is 6.20 Å². The number of hydrogen-bond acceptors (Lipinski definition) is 4. The number of H-pyrrole nitrogens is 1. The average molecular weight is 365 g/mol. The molecule has 7 heteroatoms. The van der Waals surface area contributed by atoms with E-state index in [4.69, 9.17) is 0 Å². The van der Waals surface area contributed by atoms with Gasteiger partial charge in [-0.05, 0) is 12.8 Å². The van der Waals surface area contributed by atoms with Crippen molar-refractivity contribution in [2.75, 3.05) is 0 Å². The molecule has 0 aliphatic carbocycles. The summed E-state index contributed by atoms with van der Waals surface area (Å²) in [6.07, 6.45) is 4.82. The molecule has 2 heterocycles. The highest BCUT2D eigenvalue weighted by Gasteiger charge is 2.24. The molecule has 0 radical (unpaired) electrons. The highest BCUT2D eigenvalue weighted by molar-refractivity contribution is 5.93. The van der Waals surface area contributed by atoms with Crippen molar-refractivity contribution >= 4 is 5.91 Å².